The highest BCUT2D eigenvalue weighted by Gasteiger charge is 2.15. The number of phenolic OH excluding ortho intramolecular Hbond substituents is 3. The van der Waals surface area contributed by atoms with E-state index in [9.17, 15) is 15.3 Å². The Morgan fingerprint density at radius 2 is 1.81 bits per heavy atom. The van der Waals surface area contributed by atoms with Crippen molar-refractivity contribution in [3.8, 4) is 40.1 Å². The summed E-state index contributed by atoms with van der Waals surface area (Å²) in [5, 5.41) is 32.6. The zero-order valence-corrected chi connectivity index (χ0v) is 11.1. The lowest BCUT2D eigenvalue weighted by Crippen LogP contribution is -1.83. The van der Waals surface area contributed by atoms with E-state index in [1.165, 1.54) is 12.1 Å². The molecule has 3 rings (SSSR count). The molecular formula is C15H12N2O4. The number of aromatic hydroxyl groups is 3. The van der Waals surface area contributed by atoms with Gasteiger partial charge >= 0.3 is 0 Å². The predicted octanol–water partition coefficient (Wildman–Crippen LogP) is 2.83. The molecular weight excluding hydrogens is 272 g/mol. The summed E-state index contributed by atoms with van der Waals surface area (Å²) in [5.41, 5.74) is 1.64. The van der Waals surface area contributed by atoms with Gasteiger partial charge in [-0.05, 0) is 36.8 Å². The molecule has 3 aromatic rings. The molecule has 1 aromatic heterocycles. The zero-order valence-electron chi connectivity index (χ0n) is 11.1. The number of rotatable bonds is 2. The maximum Gasteiger partial charge on any atom is 0.262 e. The second kappa shape index (κ2) is 4.82. The first kappa shape index (κ1) is 13.0. The Balaban J connectivity index is 2.03. The van der Waals surface area contributed by atoms with Gasteiger partial charge < -0.3 is 19.8 Å². The Morgan fingerprint density at radius 3 is 2.57 bits per heavy atom. The van der Waals surface area contributed by atoms with Crippen LogP contribution in [0.25, 0.3) is 22.8 Å². The number of hydrogen-bond donors (Lipinski definition) is 3. The predicted molar refractivity (Wildman–Crippen MR) is 74.9 cm³/mol. The number of phenols is 3. The summed E-state index contributed by atoms with van der Waals surface area (Å²) < 4.78 is 5.15. The van der Waals surface area contributed by atoms with Crippen LogP contribution in [0.3, 0.4) is 0 Å². The summed E-state index contributed by atoms with van der Waals surface area (Å²) >= 11 is 0. The molecule has 0 aliphatic heterocycles. The molecule has 2 aromatic carbocycles. The summed E-state index contributed by atoms with van der Waals surface area (Å²) in [6.07, 6.45) is 0. The van der Waals surface area contributed by atoms with Gasteiger partial charge in [0, 0.05) is 5.56 Å². The van der Waals surface area contributed by atoms with E-state index < -0.39 is 0 Å². The Kier molecular flexibility index (Phi) is 2.98. The van der Waals surface area contributed by atoms with Gasteiger partial charge in [-0.1, -0.05) is 17.3 Å². The van der Waals surface area contributed by atoms with Crippen molar-refractivity contribution in [1.29, 1.82) is 0 Å². The molecule has 106 valence electrons. The van der Waals surface area contributed by atoms with Crippen LogP contribution in [0.5, 0.6) is 17.2 Å². The third-order valence-corrected chi connectivity index (χ3v) is 3.13. The number of aromatic nitrogens is 2. The molecule has 0 atom stereocenters. The minimum absolute atomic E-state index is 0.0845. The molecule has 0 fully saturated rings. The molecule has 0 aliphatic rings. The van der Waals surface area contributed by atoms with Crippen molar-refractivity contribution >= 4 is 0 Å². The van der Waals surface area contributed by atoms with Crippen molar-refractivity contribution in [1.82, 2.24) is 10.1 Å². The van der Waals surface area contributed by atoms with Crippen LogP contribution in [0.4, 0.5) is 0 Å². The molecule has 21 heavy (non-hydrogen) atoms. The molecule has 0 spiro atoms. The quantitative estimate of drug-likeness (QED) is 0.626. The van der Waals surface area contributed by atoms with Gasteiger partial charge in [0.05, 0.1) is 5.56 Å². The molecule has 0 saturated carbocycles. The Bertz CT molecular complexity index is 811. The van der Waals surface area contributed by atoms with E-state index in [0.29, 0.717) is 16.7 Å². The van der Waals surface area contributed by atoms with Crippen LogP contribution >= 0.6 is 0 Å². The first-order valence-electron chi connectivity index (χ1n) is 6.21. The summed E-state index contributed by atoms with van der Waals surface area (Å²) in [6.45, 7) is 1.77. The summed E-state index contributed by atoms with van der Waals surface area (Å²) in [5.74, 6) is 0.0253. The average Bonchev–Trinajstić information content (AvgIpc) is 2.94. The Labute approximate surface area is 119 Å². The fourth-order valence-electron chi connectivity index (χ4n) is 1.94. The van der Waals surface area contributed by atoms with Crippen molar-refractivity contribution in [2.45, 2.75) is 6.92 Å². The van der Waals surface area contributed by atoms with E-state index in [1.807, 2.05) is 0 Å². The fourth-order valence-corrected chi connectivity index (χ4v) is 1.94. The zero-order chi connectivity index (χ0) is 15.0. The van der Waals surface area contributed by atoms with Gasteiger partial charge in [-0.25, -0.2) is 0 Å². The number of para-hydroxylation sites is 1. The minimum Gasteiger partial charge on any atom is -0.507 e. The maximum absolute atomic E-state index is 10.0. The first-order valence-corrected chi connectivity index (χ1v) is 6.21. The molecule has 6 heteroatoms. The van der Waals surface area contributed by atoms with E-state index in [0.717, 1.165) is 0 Å². The second-order valence-corrected chi connectivity index (χ2v) is 4.60. The number of benzene rings is 2. The van der Waals surface area contributed by atoms with E-state index in [1.54, 1.807) is 31.2 Å². The van der Waals surface area contributed by atoms with Gasteiger partial charge in [0.25, 0.3) is 5.89 Å². The topological polar surface area (TPSA) is 99.6 Å². The normalized spacial score (nSPS) is 10.7. The second-order valence-electron chi connectivity index (χ2n) is 4.60. The molecule has 0 radical (unpaired) electrons. The average molecular weight is 284 g/mol. The van der Waals surface area contributed by atoms with Crippen molar-refractivity contribution < 1.29 is 19.8 Å². The molecule has 0 amide bonds. The standard InChI is InChI=1S/C15H12N2O4/c1-8-3-2-4-10(13(8)20)15-16-14(17-21-15)9-5-6-11(18)12(19)7-9/h2-7,18-20H,1H3. The lowest BCUT2D eigenvalue weighted by molar-refractivity contribution is 0.403. The maximum atomic E-state index is 10.0. The number of hydrogen-bond acceptors (Lipinski definition) is 6. The van der Waals surface area contributed by atoms with Crippen LogP contribution in [0.15, 0.2) is 40.9 Å². The largest absolute Gasteiger partial charge is 0.507 e. The van der Waals surface area contributed by atoms with Crippen LogP contribution in [-0.2, 0) is 0 Å². The van der Waals surface area contributed by atoms with Crippen molar-refractivity contribution in [3.05, 3.63) is 42.0 Å². The van der Waals surface area contributed by atoms with Gasteiger partial charge in [0.15, 0.2) is 11.5 Å². The van der Waals surface area contributed by atoms with Gasteiger partial charge in [-0.3, -0.25) is 0 Å². The molecule has 3 N–H and O–H groups in total. The van der Waals surface area contributed by atoms with Crippen LogP contribution in [0.1, 0.15) is 5.56 Å². The molecule has 0 aliphatic carbocycles. The van der Waals surface area contributed by atoms with E-state index in [4.69, 9.17) is 4.52 Å². The molecule has 1 heterocycles. The lowest BCUT2D eigenvalue weighted by atomic mass is 10.1. The molecule has 0 bridgehead atoms. The number of nitrogens with zero attached hydrogens (tertiary/aromatic N) is 2. The van der Waals surface area contributed by atoms with Crippen LogP contribution < -0.4 is 0 Å². The van der Waals surface area contributed by atoms with E-state index in [-0.39, 0.29) is 29.0 Å². The lowest BCUT2D eigenvalue weighted by Gasteiger charge is -2.01. The highest BCUT2D eigenvalue weighted by Crippen LogP contribution is 2.33. The monoisotopic (exact) mass is 284 g/mol. The SMILES string of the molecule is Cc1cccc(-c2nc(-c3ccc(O)c(O)c3)no2)c1O. The molecule has 0 saturated heterocycles. The van der Waals surface area contributed by atoms with Gasteiger partial charge in [-0.2, -0.15) is 4.98 Å². The third kappa shape index (κ3) is 2.27. The third-order valence-electron chi connectivity index (χ3n) is 3.13. The van der Waals surface area contributed by atoms with Gasteiger partial charge in [0.1, 0.15) is 5.75 Å². The summed E-state index contributed by atoms with van der Waals surface area (Å²) in [4.78, 5) is 4.19. The van der Waals surface area contributed by atoms with Gasteiger partial charge in [-0.15, -0.1) is 0 Å². The minimum atomic E-state index is -0.266. The van der Waals surface area contributed by atoms with Crippen LogP contribution in [-0.4, -0.2) is 25.5 Å². The highest BCUT2D eigenvalue weighted by molar-refractivity contribution is 5.67. The highest BCUT2D eigenvalue weighted by atomic mass is 16.5. The summed E-state index contributed by atoms with van der Waals surface area (Å²) in [7, 11) is 0. The first-order chi connectivity index (χ1) is 10.1. The smallest absolute Gasteiger partial charge is 0.262 e. The summed E-state index contributed by atoms with van der Waals surface area (Å²) in [6, 6.07) is 9.45. The van der Waals surface area contributed by atoms with Crippen LogP contribution in [0.2, 0.25) is 0 Å². The van der Waals surface area contributed by atoms with Gasteiger partial charge in [0.2, 0.25) is 5.82 Å². The van der Waals surface area contributed by atoms with E-state index >= 15 is 0 Å². The Hall–Kier alpha value is -3.02. The molecule has 6 nitrogen and oxygen atoms in total. The number of aryl methyl sites for hydroxylation is 1. The van der Waals surface area contributed by atoms with Crippen molar-refractivity contribution in [2.24, 2.45) is 0 Å². The molecule has 0 unspecified atom stereocenters. The Morgan fingerprint density at radius 1 is 1.00 bits per heavy atom. The van der Waals surface area contributed by atoms with Crippen LogP contribution in [0, 0.1) is 6.92 Å². The fraction of sp³-hybridized carbons (Fsp3) is 0.0667. The van der Waals surface area contributed by atoms with E-state index in [2.05, 4.69) is 10.1 Å². The van der Waals surface area contributed by atoms with Crippen molar-refractivity contribution in [2.75, 3.05) is 0 Å². The van der Waals surface area contributed by atoms with Crippen molar-refractivity contribution in [3.63, 3.8) is 0 Å².